The molecule has 1 nitrogen and oxygen atoms in total. The summed E-state index contributed by atoms with van der Waals surface area (Å²) in [6, 6.07) is 0. The van der Waals surface area contributed by atoms with Gasteiger partial charge in [0.1, 0.15) is 0 Å². The zero-order valence-corrected chi connectivity index (χ0v) is 14.4. The monoisotopic (exact) mass is 308 g/mol. The van der Waals surface area contributed by atoms with Gasteiger partial charge < -0.3 is 5.11 Å². The topological polar surface area (TPSA) is 20.2 Å². The molecular weight excluding hydrogens is 280 g/mol. The molecule has 6 atom stereocenters. The number of terminal acetylenes is 1. The maximum absolute atomic E-state index is 11.1. The van der Waals surface area contributed by atoms with E-state index in [2.05, 4.69) is 38.5 Å². The van der Waals surface area contributed by atoms with Crippen LogP contribution in [0.15, 0.2) is 35.5 Å². The largest absolute Gasteiger partial charge is 0.373 e. The van der Waals surface area contributed by atoms with Gasteiger partial charge in [-0.05, 0) is 80.3 Å². The molecule has 1 heteroatoms. The van der Waals surface area contributed by atoms with Gasteiger partial charge in [-0.3, -0.25) is 0 Å². The van der Waals surface area contributed by atoms with E-state index in [4.69, 9.17) is 6.42 Å². The SMILES string of the molecule is C#C[C@]1(O)C(=C)C[C@H]2[C@@H]3CC=C4C=C(C)CC[C@@H]4[C@H]3CC[C@@]21C. The molecule has 4 aliphatic carbocycles. The minimum absolute atomic E-state index is 0.189. The summed E-state index contributed by atoms with van der Waals surface area (Å²) in [5.74, 6) is 5.36. The molecule has 0 aliphatic heterocycles. The Balaban J connectivity index is 1.71. The smallest absolute Gasteiger partial charge is 0.152 e. The first-order valence-electron chi connectivity index (χ1n) is 9.16. The maximum Gasteiger partial charge on any atom is 0.152 e. The van der Waals surface area contributed by atoms with Gasteiger partial charge in [0, 0.05) is 5.41 Å². The summed E-state index contributed by atoms with van der Waals surface area (Å²) in [6.07, 6.45) is 17.5. The van der Waals surface area contributed by atoms with Crippen molar-refractivity contribution in [2.24, 2.45) is 29.1 Å². The molecule has 0 aromatic heterocycles. The lowest BCUT2D eigenvalue weighted by Gasteiger charge is -2.53. The van der Waals surface area contributed by atoms with Crippen molar-refractivity contribution < 1.29 is 5.11 Å². The molecular formula is C22H28O. The normalized spacial score (nSPS) is 48.5. The molecule has 0 aromatic rings. The molecule has 0 saturated heterocycles. The van der Waals surface area contributed by atoms with E-state index in [0.717, 1.165) is 36.7 Å². The summed E-state index contributed by atoms with van der Waals surface area (Å²) in [4.78, 5) is 0. The molecule has 0 spiro atoms. The lowest BCUT2D eigenvalue weighted by Crippen LogP contribution is -2.51. The first-order valence-corrected chi connectivity index (χ1v) is 9.16. The quantitative estimate of drug-likeness (QED) is 0.510. The molecule has 1 N–H and O–H groups in total. The summed E-state index contributed by atoms with van der Waals surface area (Å²) in [7, 11) is 0. The zero-order chi connectivity index (χ0) is 16.4. The number of rotatable bonds is 0. The first-order chi connectivity index (χ1) is 10.9. The van der Waals surface area contributed by atoms with E-state index in [9.17, 15) is 5.11 Å². The van der Waals surface area contributed by atoms with E-state index in [1.807, 2.05) is 0 Å². The van der Waals surface area contributed by atoms with Gasteiger partial charge in [0.15, 0.2) is 5.60 Å². The van der Waals surface area contributed by atoms with Gasteiger partial charge >= 0.3 is 0 Å². The lowest BCUT2D eigenvalue weighted by atomic mass is 9.51. The fraction of sp³-hybridized carbons (Fsp3) is 0.636. The molecule has 0 bridgehead atoms. The number of aliphatic hydroxyl groups is 1. The van der Waals surface area contributed by atoms with Crippen LogP contribution in [-0.4, -0.2) is 10.7 Å². The van der Waals surface area contributed by atoms with E-state index in [0.29, 0.717) is 11.8 Å². The van der Waals surface area contributed by atoms with E-state index in [1.165, 1.54) is 24.8 Å². The van der Waals surface area contributed by atoms with Crippen LogP contribution in [0.1, 0.15) is 52.4 Å². The van der Waals surface area contributed by atoms with Crippen LogP contribution in [0.5, 0.6) is 0 Å². The van der Waals surface area contributed by atoms with E-state index < -0.39 is 5.60 Å². The Morgan fingerprint density at radius 1 is 1.35 bits per heavy atom. The van der Waals surface area contributed by atoms with Crippen molar-refractivity contribution in [1.29, 1.82) is 0 Å². The molecule has 23 heavy (non-hydrogen) atoms. The van der Waals surface area contributed by atoms with Gasteiger partial charge in [-0.2, -0.15) is 0 Å². The van der Waals surface area contributed by atoms with Gasteiger partial charge in [0.2, 0.25) is 0 Å². The molecule has 0 amide bonds. The standard InChI is InChI=1S/C22H28O/c1-5-22(23)15(3)13-20-19-9-7-16-12-14(2)6-8-17(16)18(19)10-11-21(20,22)4/h1,7,12,17-20,23H,3,6,8-11,13H2,2,4H3/t17-,18+,19+,20-,21-,22-/m0/s1. The minimum Gasteiger partial charge on any atom is -0.373 e. The molecule has 0 aromatic carbocycles. The van der Waals surface area contributed by atoms with E-state index in [1.54, 1.807) is 5.57 Å². The van der Waals surface area contributed by atoms with Crippen LogP contribution in [0.25, 0.3) is 0 Å². The molecule has 0 radical (unpaired) electrons. The first kappa shape index (κ1) is 15.3. The van der Waals surface area contributed by atoms with Crippen molar-refractivity contribution in [1.82, 2.24) is 0 Å². The molecule has 2 saturated carbocycles. The van der Waals surface area contributed by atoms with Gasteiger partial charge in [0.25, 0.3) is 0 Å². The molecule has 0 heterocycles. The van der Waals surface area contributed by atoms with E-state index >= 15 is 0 Å². The summed E-state index contributed by atoms with van der Waals surface area (Å²) < 4.78 is 0. The highest BCUT2D eigenvalue weighted by Gasteiger charge is 2.63. The highest BCUT2D eigenvalue weighted by Crippen LogP contribution is 2.65. The minimum atomic E-state index is -1.10. The van der Waals surface area contributed by atoms with Crippen LogP contribution in [0.2, 0.25) is 0 Å². The van der Waals surface area contributed by atoms with Gasteiger partial charge in [-0.15, -0.1) is 6.42 Å². The summed E-state index contributed by atoms with van der Waals surface area (Å²) in [5.41, 5.74) is 2.70. The van der Waals surface area contributed by atoms with Crippen LogP contribution in [0.4, 0.5) is 0 Å². The van der Waals surface area contributed by atoms with Crippen molar-refractivity contribution in [2.45, 2.75) is 58.0 Å². The average molecular weight is 308 g/mol. The van der Waals surface area contributed by atoms with Crippen LogP contribution >= 0.6 is 0 Å². The second-order valence-corrected chi connectivity index (χ2v) is 8.63. The average Bonchev–Trinajstić information content (AvgIpc) is 2.75. The number of hydrogen-bond donors (Lipinski definition) is 1. The van der Waals surface area contributed by atoms with E-state index in [-0.39, 0.29) is 5.41 Å². The van der Waals surface area contributed by atoms with Crippen molar-refractivity contribution in [3.8, 4) is 12.3 Å². The second-order valence-electron chi connectivity index (χ2n) is 8.63. The summed E-state index contributed by atoms with van der Waals surface area (Å²) in [6.45, 7) is 8.64. The Hall–Kier alpha value is -1.26. The van der Waals surface area contributed by atoms with Crippen molar-refractivity contribution in [2.75, 3.05) is 0 Å². The number of allylic oxidation sites excluding steroid dienone is 4. The van der Waals surface area contributed by atoms with Crippen molar-refractivity contribution in [3.05, 3.63) is 35.5 Å². The Bertz CT molecular complexity index is 660. The third-order valence-corrected chi connectivity index (χ3v) is 7.73. The third-order valence-electron chi connectivity index (χ3n) is 7.73. The van der Waals surface area contributed by atoms with Crippen molar-refractivity contribution >= 4 is 0 Å². The zero-order valence-electron chi connectivity index (χ0n) is 14.4. The number of fused-ring (bicyclic) bond motifs is 5. The molecule has 4 rings (SSSR count). The highest BCUT2D eigenvalue weighted by molar-refractivity contribution is 5.40. The second kappa shape index (κ2) is 4.87. The maximum atomic E-state index is 11.1. The fourth-order valence-electron chi connectivity index (χ4n) is 6.34. The Labute approximate surface area is 140 Å². The van der Waals surface area contributed by atoms with Crippen LogP contribution < -0.4 is 0 Å². The predicted molar refractivity (Wildman–Crippen MR) is 94.5 cm³/mol. The van der Waals surface area contributed by atoms with Gasteiger partial charge in [-0.25, -0.2) is 0 Å². The number of hydrogen-bond acceptors (Lipinski definition) is 1. The molecule has 2 fully saturated rings. The van der Waals surface area contributed by atoms with Crippen LogP contribution in [-0.2, 0) is 0 Å². The summed E-state index contributed by atoms with van der Waals surface area (Å²) in [5, 5.41) is 11.1. The predicted octanol–water partition coefficient (Wildman–Crippen LogP) is 4.65. The summed E-state index contributed by atoms with van der Waals surface area (Å²) >= 11 is 0. The van der Waals surface area contributed by atoms with Crippen molar-refractivity contribution in [3.63, 3.8) is 0 Å². The third kappa shape index (κ3) is 1.85. The molecule has 122 valence electrons. The molecule has 4 aliphatic rings. The van der Waals surface area contributed by atoms with Crippen LogP contribution in [0.3, 0.4) is 0 Å². The Morgan fingerprint density at radius 2 is 2.13 bits per heavy atom. The lowest BCUT2D eigenvalue weighted by molar-refractivity contribution is -0.0714. The fourth-order valence-corrected chi connectivity index (χ4v) is 6.34. The van der Waals surface area contributed by atoms with Crippen LogP contribution in [0, 0.1) is 41.4 Å². The van der Waals surface area contributed by atoms with Gasteiger partial charge in [-0.1, -0.05) is 37.1 Å². The molecule has 0 unspecified atom stereocenters. The Kier molecular flexibility index (Phi) is 3.23. The van der Waals surface area contributed by atoms with Gasteiger partial charge in [0.05, 0.1) is 0 Å². The Morgan fingerprint density at radius 3 is 2.87 bits per heavy atom. The highest BCUT2D eigenvalue weighted by atomic mass is 16.3.